The molecule has 0 radical (unpaired) electrons. The molecule has 0 fully saturated rings. The van der Waals surface area contributed by atoms with E-state index < -0.39 is 10.9 Å². The van der Waals surface area contributed by atoms with E-state index in [1.165, 1.54) is 12.1 Å². The van der Waals surface area contributed by atoms with E-state index in [1.807, 2.05) is 0 Å². The van der Waals surface area contributed by atoms with E-state index in [4.69, 9.17) is 9.84 Å². The summed E-state index contributed by atoms with van der Waals surface area (Å²) in [4.78, 5) is 21.3. The third-order valence-electron chi connectivity index (χ3n) is 1.88. The van der Waals surface area contributed by atoms with Crippen molar-refractivity contribution in [1.29, 1.82) is 0 Å². The third kappa shape index (κ3) is 2.77. The van der Waals surface area contributed by atoms with Crippen molar-refractivity contribution in [2.24, 2.45) is 0 Å². The van der Waals surface area contributed by atoms with Crippen molar-refractivity contribution in [2.45, 2.75) is 13.5 Å². The van der Waals surface area contributed by atoms with Gasteiger partial charge in [0.1, 0.15) is 0 Å². The van der Waals surface area contributed by atoms with E-state index in [0.717, 1.165) is 6.07 Å². The zero-order valence-electron chi connectivity index (χ0n) is 8.67. The summed E-state index contributed by atoms with van der Waals surface area (Å²) >= 11 is 0. The molecule has 6 nitrogen and oxygen atoms in total. The van der Waals surface area contributed by atoms with Gasteiger partial charge in [-0.05, 0) is 18.6 Å². The number of ether oxygens (including phenoxy) is 1. The van der Waals surface area contributed by atoms with Crippen LogP contribution in [0.4, 0.5) is 5.69 Å². The molecule has 1 aromatic carbocycles. The number of carbonyl (C=O) groups excluding carboxylic acids is 1. The van der Waals surface area contributed by atoms with Gasteiger partial charge in [-0.15, -0.1) is 0 Å². The molecule has 0 bridgehead atoms. The first-order chi connectivity index (χ1) is 7.58. The SMILES string of the molecule is CCOC(=O)c1cc(CO)cc([N+](=O)[O-])c1. The number of hydrogen-bond acceptors (Lipinski definition) is 5. The van der Waals surface area contributed by atoms with Gasteiger partial charge in [0.25, 0.3) is 5.69 Å². The van der Waals surface area contributed by atoms with E-state index >= 15 is 0 Å². The summed E-state index contributed by atoms with van der Waals surface area (Å²) in [5, 5.41) is 19.5. The van der Waals surface area contributed by atoms with Crippen LogP contribution in [-0.2, 0) is 11.3 Å². The molecule has 0 amide bonds. The van der Waals surface area contributed by atoms with Crippen LogP contribution in [0.5, 0.6) is 0 Å². The number of non-ortho nitro benzene ring substituents is 1. The number of aliphatic hydroxyl groups excluding tert-OH is 1. The Kier molecular flexibility index (Phi) is 3.96. The Bertz CT molecular complexity index is 416. The van der Waals surface area contributed by atoms with Gasteiger partial charge in [-0.2, -0.15) is 0 Å². The van der Waals surface area contributed by atoms with E-state index in [1.54, 1.807) is 6.92 Å². The molecule has 1 N–H and O–H groups in total. The summed E-state index contributed by atoms with van der Waals surface area (Å²) < 4.78 is 4.72. The molecule has 16 heavy (non-hydrogen) atoms. The highest BCUT2D eigenvalue weighted by Gasteiger charge is 2.14. The highest BCUT2D eigenvalue weighted by molar-refractivity contribution is 5.90. The minimum Gasteiger partial charge on any atom is -0.462 e. The van der Waals surface area contributed by atoms with Crippen molar-refractivity contribution in [2.75, 3.05) is 6.61 Å². The molecular formula is C10H11NO5. The Balaban J connectivity index is 3.13. The number of nitro benzene ring substituents is 1. The second-order valence-electron chi connectivity index (χ2n) is 3.02. The molecule has 0 unspecified atom stereocenters. The molecule has 1 rings (SSSR count). The predicted molar refractivity (Wildman–Crippen MR) is 55.0 cm³/mol. The monoisotopic (exact) mass is 225 g/mol. The molecule has 0 aliphatic rings. The molecule has 0 saturated heterocycles. The number of aliphatic hydroxyl groups is 1. The van der Waals surface area contributed by atoms with Crippen molar-refractivity contribution >= 4 is 11.7 Å². The lowest BCUT2D eigenvalue weighted by atomic mass is 10.1. The van der Waals surface area contributed by atoms with Gasteiger partial charge in [0, 0.05) is 12.1 Å². The first-order valence-electron chi connectivity index (χ1n) is 4.64. The van der Waals surface area contributed by atoms with Crippen LogP contribution in [0.2, 0.25) is 0 Å². The van der Waals surface area contributed by atoms with Gasteiger partial charge in [0.2, 0.25) is 0 Å². The molecule has 0 aromatic heterocycles. The van der Waals surface area contributed by atoms with Crippen molar-refractivity contribution in [3.8, 4) is 0 Å². The summed E-state index contributed by atoms with van der Waals surface area (Å²) in [5.74, 6) is -0.638. The van der Waals surface area contributed by atoms with Crippen LogP contribution in [0.15, 0.2) is 18.2 Å². The maximum absolute atomic E-state index is 11.4. The predicted octanol–water partition coefficient (Wildman–Crippen LogP) is 1.26. The maximum atomic E-state index is 11.4. The number of nitro groups is 1. The van der Waals surface area contributed by atoms with E-state index in [0.29, 0.717) is 5.56 Å². The summed E-state index contributed by atoms with van der Waals surface area (Å²) in [7, 11) is 0. The fourth-order valence-corrected chi connectivity index (χ4v) is 1.20. The molecule has 1 aromatic rings. The summed E-state index contributed by atoms with van der Waals surface area (Å²) in [6.45, 7) is 1.46. The number of esters is 1. The Morgan fingerprint density at radius 3 is 2.69 bits per heavy atom. The lowest BCUT2D eigenvalue weighted by Gasteiger charge is -2.03. The minimum absolute atomic E-state index is 0.0695. The normalized spacial score (nSPS) is 9.88. The van der Waals surface area contributed by atoms with Crippen molar-refractivity contribution < 1.29 is 19.6 Å². The van der Waals surface area contributed by atoms with Gasteiger partial charge in [0.05, 0.1) is 23.7 Å². The van der Waals surface area contributed by atoms with Crippen LogP contribution >= 0.6 is 0 Å². The lowest BCUT2D eigenvalue weighted by Crippen LogP contribution is -2.06. The largest absolute Gasteiger partial charge is 0.462 e. The Hall–Kier alpha value is -1.95. The van der Waals surface area contributed by atoms with Crippen LogP contribution in [0, 0.1) is 10.1 Å². The average molecular weight is 225 g/mol. The molecule has 0 spiro atoms. The number of hydrogen-bond donors (Lipinski definition) is 1. The quantitative estimate of drug-likeness (QED) is 0.473. The maximum Gasteiger partial charge on any atom is 0.338 e. The van der Waals surface area contributed by atoms with E-state index in [2.05, 4.69) is 0 Å². The van der Waals surface area contributed by atoms with Crippen LogP contribution in [0.1, 0.15) is 22.8 Å². The number of nitrogens with zero attached hydrogens (tertiary/aromatic N) is 1. The molecule has 0 aliphatic carbocycles. The molecule has 0 atom stereocenters. The Morgan fingerprint density at radius 2 is 2.19 bits per heavy atom. The zero-order valence-corrected chi connectivity index (χ0v) is 8.67. The van der Waals surface area contributed by atoms with Crippen molar-refractivity contribution in [1.82, 2.24) is 0 Å². The fourth-order valence-electron chi connectivity index (χ4n) is 1.20. The molecule has 0 heterocycles. The van der Waals surface area contributed by atoms with Crippen molar-refractivity contribution in [3.63, 3.8) is 0 Å². The van der Waals surface area contributed by atoms with Crippen molar-refractivity contribution in [3.05, 3.63) is 39.4 Å². The summed E-state index contributed by atoms with van der Waals surface area (Å²) in [6, 6.07) is 3.70. The average Bonchev–Trinajstić information content (AvgIpc) is 2.28. The van der Waals surface area contributed by atoms with Gasteiger partial charge < -0.3 is 9.84 Å². The zero-order chi connectivity index (χ0) is 12.1. The number of benzene rings is 1. The second-order valence-corrected chi connectivity index (χ2v) is 3.02. The van der Waals surface area contributed by atoms with E-state index in [-0.39, 0.29) is 24.5 Å². The minimum atomic E-state index is -0.638. The molecule has 0 aliphatic heterocycles. The van der Waals surface area contributed by atoms with Gasteiger partial charge in [-0.3, -0.25) is 10.1 Å². The first-order valence-corrected chi connectivity index (χ1v) is 4.64. The highest BCUT2D eigenvalue weighted by atomic mass is 16.6. The molecule has 6 heteroatoms. The summed E-state index contributed by atoms with van der Waals surface area (Å²) in [5.41, 5.74) is 0.131. The Morgan fingerprint density at radius 1 is 1.50 bits per heavy atom. The van der Waals surface area contributed by atoms with Crippen LogP contribution in [-0.4, -0.2) is 22.6 Å². The van der Waals surface area contributed by atoms with Gasteiger partial charge >= 0.3 is 5.97 Å². The fraction of sp³-hybridized carbons (Fsp3) is 0.300. The smallest absolute Gasteiger partial charge is 0.338 e. The van der Waals surface area contributed by atoms with Crippen LogP contribution in [0.25, 0.3) is 0 Å². The second kappa shape index (κ2) is 5.22. The van der Waals surface area contributed by atoms with Gasteiger partial charge in [-0.25, -0.2) is 4.79 Å². The van der Waals surface area contributed by atoms with E-state index in [9.17, 15) is 14.9 Å². The topological polar surface area (TPSA) is 89.7 Å². The van der Waals surface area contributed by atoms with Gasteiger partial charge in [0.15, 0.2) is 0 Å². The number of rotatable bonds is 4. The molecular weight excluding hydrogens is 214 g/mol. The lowest BCUT2D eigenvalue weighted by molar-refractivity contribution is -0.385. The van der Waals surface area contributed by atoms with Crippen LogP contribution in [0.3, 0.4) is 0 Å². The molecule has 86 valence electrons. The molecule has 0 saturated carbocycles. The Labute approximate surface area is 91.6 Å². The van der Waals surface area contributed by atoms with Gasteiger partial charge in [-0.1, -0.05) is 0 Å². The highest BCUT2D eigenvalue weighted by Crippen LogP contribution is 2.18. The first kappa shape index (κ1) is 12.1. The third-order valence-corrected chi connectivity index (χ3v) is 1.88. The standard InChI is InChI=1S/C10H11NO5/c1-2-16-10(13)8-3-7(6-12)4-9(5-8)11(14)15/h3-5,12H,2,6H2,1H3. The number of carbonyl (C=O) groups is 1. The van der Waals surface area contributed by atoms with Crippen LogP contribution < -0.4 is 0 Å². The summed E-state index contributed by atoms with van der Waals surface area (Å²) in [6.07, 6.45) is 0.